The van der Waals surface area contributed by atoms with E-state index < -0.39 is 5.97 Å². The Kier molecular flexibility index (Phi) is 9.12. The smallest absolute Gasteiger partial charge is 0.341 e. The van der Waals surface area contributed by atoms with E-state index in [9.17, 15) is 9.90 Å². The first-order chi connectivity index (χ1) is 17.9. The van der Waals surface area contributed by atoms with Crippen LogP contribution in [0.1, 0.15) is 16.7 Å². The van der Waals surface area contributed by atoms with E-state index in [0.717, 1.165) is 49.8 Å². The molecule has 4 aromatic rings. The molecule has 4 rings (SSSR count). The average molecular weight is 535 g/mol. The fourth-order valence-electron chi connectivity index (χ4n) is 3.74. The van der Waals surface area contributed by atoms with E-state index in [-0.39, 0.29) is 13.2 Å². The minimum atomic E-state index is -1.01. The van der Waals surface area contributed by atoms with Crippen LogP contribution >= 0.6 is 23.4 Å². The van der Waals surface area contributed by atoms with Crippen LogP contribution in [-0.4, -0.2) is 29.4 Å². The first-order valence-corrected chi connectivity index (χ1v) is 12.9. The maximum atomic E-state index is 10.8. The van der Waals surface area contributed by atoms with Crippen molar-refractivity contribution in [3.8, 4) is 22.6 Å². The third-order valence-corrected chi connectivity index (χ3v) is 6.87. The number of aryl methyl sites for hydroxylation is 1. The van der Waals surface area contributed by atoms with Gasteiger partial charge in [-0.05, 0) is 83.3 Å². The third-order valence-electron chi connectivity index (χ3n) is 5.66. The standard InChI is InChI=1S/C30H27ClO5S/c1-20-14-27(10-11-29(20)36-19-30(33)34)37-28-16-24(23-6-2-22(18-32)3-7-23)15-26(17-28)35-13-12-21-4-8-25(31)9-5-21/h2-11,14-17,32H,12-13,18-19H2,1H3,(H,33,34). The van der Waals surface area contributed by atoms with E-state index in [0.29, 0.717) is 17.4 Å². The van der Waals surface area contributed by atoms with Crippen molar-refractivity contribution in [1.29, 1.82) is 0 Å². The Balaban J connectivity index is 1.55. The van der Waals surface area contributed by atoms with Crippen LogP contribution in [0.4, 0.5) is 0 Å². The molecule has 0 fully saturated rings. The van der Waals surface area contributed by atoms with Gasteiger partial charge < -0.3 is 19.7 Å². The van der Waals surface area contributed by atoms with Crippen LogP contribution in [0.25, 0.3) is 11.1 Å². The van der Waals surface area contributed by atoms with E-state index in [4.69, 9.17) is 26.2 Å². The highest BCUT2D eigenvalue weighted by molar-refractivity contribution is 7.99. The molecule has 5 nitrogen and oxygen atoms in total. The SMILES string of the molecule is Cc1cc(Sc2cc(OCCc3ccc(Cl)cc3)cc(-c3ccc(CO)cc3)c2)ccc1OCC(=O)O. The Morgan fingerprint density at radius 3 is 2.24 bits per heavy atom. The van der Waals surface area contributed by atoms with E-state index in [2.05, 4.69) is 6.07 Å². The Morgan fingerprint density at radius 1 is 0.838 bits per heavy atom. The average Bonchev–Trinajstić information content (AvgIpc) is 2.89. The first-order valence-electron chi connectivity index (χ1n) is 11.8. The van der Waals surface area contributed by atoms with E-state index >= 15 is 0 Å². The number of carbonyl (C=O) groups is 1. The summed E-state index contributed by atoms with van der Waals surface area (Å²) in [6, 6.07) is 27.4. The summed E-state index contributed by atoms with van der Waals surface area (Å²) in [6.07, 6.45) is 0.756. The number of benzene rings is 4. The molecule has 0 radical (unpaired) electrons. The number of carboxylic acids is 1. The molecule has 0 bridgehead atoms. The van der Waals surface area contributed by atoms with Crippen molar-refractivity contribution in [2.75, 3.05) is 13.2 Å². The van der Waals surface area contributed by atoms with Gasteiger partial charge in [0, 0.05) is 21.2 Å². The van der Waals surface area contributed by atoms with Crippen molar-refractivity contribution in [2.45, 2.75) is 29.7 Å². The van der Waals surface area contributed by atoms with Gasteiger partial charge in [-0.1, -0.05) is 59.8 Å². The molecule has 0 saturated heterocycles. The highest BCUT2D eigenvalue weighted by Gasteiger charge is 2.09. The molecule has 0 unspecified atom stereocenters. The van der Waals surface area contributed by atoms with Gasteiger partial charge in [0.15, 0.2) is 6.61 Å². The predicted octanol–water partition coefficient (Wildman–Crippen LogP) is 7.04. The lowest BCUT2D eigenvalue weighted by Crippen LogP contribution is -2.09. The first kappa shape index (κ1) is 26.6. The van der Waals surface area contributed by atoms with Crippen molar-refractivity contribution in [1.82, 2.24) is 0 Å². The molecule has 0 aliphatic heterocycles. The van der Waals surface area contributed by atoms with Crippen molar-refractivity contribution < 1.29 is 24.5 Å². The van der Waals surface area contributed by atoms with Crippen LogP contribution in [-0.2, 0) is 17.8 Å². The maximum absolute atomic E-state index is 10.8. The van der Waals surface area contributed by atoms with Gasteiger partial charge in [0.1, 0.15) is 11.5 Å². The molecule has 0 aliphatic rings. The lowest BCUT2D eigenvalue weighted by molar-refractivity contribution is -0.139. The summed E-state index contributed by atoms with van der Waals surface area (Å²) in [7, 11) is 0. The zero-order valence-electron chi connectivity index (χ0n) is 20.3. The summed E-state index contributed by atoms with van der Waals surface area (Å²) in [4.78, 5) is 12.8. The Bertz CT molecular complexity index is 1350. The molecule has 0 aromatic heterocycles. The third kappa shape index (κ3) is 7.76. The van der Waals surface area contributed by atoms with Crippen LogP contribution in [0.2, 0.25) is 5.02 Å². The lowest BCUT2D eigenvalue weighted by atomic mass is 10.0. The summed E-state index contributed by atoms with van der Waals surface area (Å²) in [5.41, 5.74) is 4.90. The molecule has 190 valence electrons. The monoisotopic (exact) mass is 534 g/mol. The van der Waals surface area contributed by atoms with Gasteiger partial charge >= 0.3 is 5.97 Å². The molecular weight excluding hydrogens is 508 g/mol. The van der Waals surface area contributed by atoms with Gasteiger partial charge in [0.25, 0.3) is 0 Å². The van der Waals surface area contributed by atoms with Crippen LogP contribution in [0, 0.1) is 6.92 Å². The summed E-state index contributed by atoms with van der Waals surface area (Å²) < 4.78 is 11.5. The molecule has 0 atom stereocenters. The number of hydrogen-bond acceptors (Lipinski definition) is 5. The van der Waals surface area contributed by atoms with Crippen LogP contribution in [0.15, 0.2) is 94.7 Å². The van der Waals surface area contributed by atoms with Gasteiger partial charge in [0.2, 0.25) is 0 Å². The lowest BCUT2D eigenvalue weighted by Gasteiger charge is -2.13. The summed E-state index contributed by atoms with van der Waals surface area (Å²) in [5, 5.41) is 19.0. The molecular formula is C30H27ClO5S. The minimum absolute atomic E-state index is 0.000750. The Hall–Kier alpha value is -3.45. The number of rotatable bonds is 11. The summed E-state index contributed by atoms with van der Waals surface area (Å²) in [6.45, 7) is 2.04. The van der Waals surface area contributed by atoms with Crippen molar-refractivity contribution in [2.24, 2.45) is 0 Å². The van der Waals surface area contributed by atoms with Crippen molar-refractivity contribution >= 4 is 29.3 Å². The molecule has 0 aliphatic carbocycles. The fourth-order valence-corrected chi connectivity index (χ4v) is 4.87. The van der Waals surface area contributed by atoms with Gasteiger partial charge in [-0.3, -0.25) is 0 Å². The second-order valence-corrected chi connectivity index (χ2v) is 10.1. The Morgan fingerprint density at radius 2 is 1.57 bits per heavy atom. The molecule has 0 amide bonds. The molecule has 0 saturated carbocycles. The molecule has 37 heavy (non-hydrogen) atoms. The van der Waals surface area contributed by atoms with Crippen molar-refractivity contribution in [3.63, 3.8) is 0 Å². The van der Waals surface area contributed by atoms with Crippen molar-refractivity contribution in [3.05, 3.63) is 107 Å². The van der Waals surface area contributed by atoms with Crippen LogP contribution in [0.5, 0.6) is 11.5 Å². The zero-order valence-corrected chi connectivity index (χ0v) is 21.9. The maximum Gasteiger partial charge on any atom is 0.341 e. The van der Waals surface area contributed by atoms with Crippen LogP contribution < -0.4 is 9.47 Å². The second-order valence-electron chi connectivity index (χ2n) is 8.48. The van der Waals surface area contributed by atoms with E-state index in [1.807, 2.05) is 79.7 Å². The topological polar surface area (TPSA) is 76.0 Å². The van der Waals surface area contributed by atoms with Gasteiger partial charge in [0.05, 0.1) is 13.2 Å². The Labute approximate surface area is 225 Å². The van der Waals surface area contributed by atoms with E-state index in [1.54, 1.807) is 17.8 Å². The molecule has 2 N–H and O–H groups in total. The molecule has 7 heteroatoms. The normalized spacial score (nSPS) is 10.8. The number of aliphatic carboxylic acids is 1. The molecule has 0 spiro atoms. The number of aliphatic hydroxyl groups is 1. The number of aliphatic hydroxyl groups excluding tert-OH is 1. The van der Waals surface area contributed by atoms with E-state index in [1.165, 1.54) is 0 Å². The molecule has 0 heterocycles. The highest BCUT2D eigenvalue weighted by Crippen LogP contribution is 2.36. The second kappa shape index (κ2) is 12.7. The number of halogens is 1. The number of hydrogen-bond donors (Lipinski definition) is 2. The zero-order chi connectivity index (χ0) is 26.2. The van der Waals surface area contributed by atoms with Gasteiger partial charge in [-0.2, -0.15) is 0 Å². The minimum Gasteiger partial charge on any atom is -0.493 e. The summed E-state index contributed by atoms with van der Waals surface area (Å²) in [5.74, 6) is 0.305. The quantitative estimate of drug-likeness (QED) is 0.215. The number of carboxylic acid groups (broad SMARTS) is 1. The van der Waals surface area contributed by atoms with Gasteiger partial charge in [-0.25, -0.2) is 4.79 Å². The number of ether oxygens (including phenoxy) is 2. The molecule has 4 aromatic carbocycles. The highest BCUT2D eigenvalue weighted by atomic mass is 35.5. The van der Waals surface area contributed by atoms with Crippen LogP contribution in [0.3, 0.4) is 0 Å². The largest absolute Gasteiger partial charge is 0.493 e. The van der Waals surface area contributed by atoms with Gasteiger partial charge in [-0.15, -0.1) is 0 Å². The summed E-state index contributed by atoms with van der Waals surface area (Å²) >= 11 is 7.58. The predicted molar refractivity (Wildman–Crippen MR) is 147 cm³/mol. The fraction of sp³-hybridized carbons (Fsp3) is 0.167.